The van der Waals surface area contributed by atoms with Crippen molar-refractivity contribution in [3.63, 3.8) is 0 Å². The number of unbranched alkanes of at least 4 members (excludes halogenated alkanes) is 3. The highest BCUT2D eigenvalue weighted by atomic mass is 32.2. The summed E-state index contributed by atoms with van der Waals surface area (Å²) in [4.78, 5) is 0. The summed E-state index contributed by atoms with van der Waals surface area (Å²) in [7, 11) is 0. The van der Waals surface area contributed by atoms with E-state index in [9.17, 15) is 0 Å². The van der Waals surface area contributed by atoms with E-state index in [0.717, 1.165) is 11.8 Å². The SMILES string of the molecule is CCCCCCSC(C)CCN. The molecule has 1 unspecified atom stereocenters. The minimum Gasteiger partial charge on any atom is -0.330 e. The summed E-state index contributed by atoms with van der Waals surface area (Å²) in [5.74, 6) is 1.32. The maximum atomic E-state index is 5.47. The van der Waals surface area contributed by atoms with Gasteiger partial charge in [0.1, 0.15) is 0 Å². The molecule has 0 aromatic heterocycles. The fourth-order valence-corrected chi connectivity index (χ4v) is 2.21. The van der Waals surface area contributed by atoms with Crippen LogP contribution in [0.15, 0.2) is 0 Å². The van der Waals surface area contributed by atoms with E-state index in [-0.39, 0.29) is 0 Å². The molecule has 1 nitrogen and oxygen atoms in total. The average Bonchev–Trinajstić information content (AvgIpc) is 2.05. The molecule has 0 aromatic carbocycles. The van der Waals surface area contributed by atoms with Gasteiger partial charge in [-0.25, -0.2) is 0 Å². The van der Waals surface area contributed by atoms with Crippen LogP contribution in [0.3, 0.4) is 0 Å². The minimum absolute atomic E-state index is 0.761. The average molecular weight is 189 g/mol. The molecule has 0 aliphatic rings. The molecular weight excluding hydrogens is 166 g/mol. The van der Waals surface area contributed by atoms with E-state index < -0.39 is 0 Å². The van der Waals surface area contributed by atoms with Gasteiger partial charge in [0.2, 0.25) is 0 Å². The summed E-state index contributed by atoms with van der Waals surface area (Å²) >= 11 is 2.07. The highest BCUT2D eigenvalue weighted by Crippen LogP contribution is 2.15. The van der Waals surface area contributed by atoms with E-state index in [1.54, 1.807) is 0 Å². The molecule has 74 valence electrons. The second-order valence-electron chi connectivity index (χ2n) is 3.32. The highest BCUT2D eigenvalue weighted by Gasteiger charge is 1.99. The van der Waals surface area contributed by atoms with Crippen molar-refractivity contribution in [3.05, 3.63) is 0 Å². The van der Waals surface area contributed by atoms with Crippen LogP contribution in [-0.2, 0) is 0 Å². The van der Waals surface area contributed by atoms with Crippen molar-refractivity contribution in [3.8, 4) is 0 Å². The summed E-state index contributed by atoms with van der Waals surface area (Å²) in [6.07, 6.45) is 6.68. The molecule has 0 spiro atoms. The van der Waals surface area contributed by atoms with Crippen molar-refractivity contribution >= 4 is 11.8 Å². The van der Waals surface area contributed by atoms with E-state index in [4.69, 9.17) is 5.73 Å². The summed E-state index contributed by atoms with van der Waals surface area (Å²) < 4.78 is 0. The van der Waals surface area contributed by atoms with Gasteiger partial charge in [0.25, 0.3) is 0 Å². The molecule has 0 bridgehead atoms. The van der Waals surface area contributed by atoms with Crippen LogP contribution in [0.4, 0.5) is 0 Å². The quantitative estimate of drug-likeness (QED) is 0.594. The van der Waals surface area contributed by atoms with Crippen LogP contribution in [0.5, 0.6) is 0 Å². The molecule has 0 heterocycles. The maximum Gasteiger partial charge on any atom is 0.00307 e. The van der Waals surface area contributed by atoms with Crippen LogP contribution in [0, 0.1) is 0 Å². The Balaban J connectivity index is 2.97. The Morgan fingerprint density at radius 1 is 1.25 bits per heavy atom. The van der Waals surface area contributed by atoms with Crippen molar-refractivity contribution in [1.82, 2.24) is 0 Å². The Bertz CT molecular complexity index is 85.9. The zero-order valence-electron chi connectivity index (χ0n) is 8.51. The lowest BCUT2D eigenvalue weighted by atomic mass is 10.2. The normalized spacial score (nSPS) is 13.2. The molecule has 0 aromatic rings. The smallest absolute Gasteiger partial charge is 0.00307 e. The molecule has 1 atom stereocenters. The molecule has 2 N–H and O–H groups in total. The third-order valence-electron chi connectivity index (χ3n) is 1.97. The highest BCUT2D eigenvalue weighted by molar-refractivity contribution is 7.99. The lowest BCUT2D eigenvalue weighted by molar-refractivity contribution is 0.705. The number of nitrogens with two attached hydrogens (primary N) is 1. The fraction of sp³-hybridized carbons (Fsp3) is 1.00. The molecule has 0 aliphatic carbocycles. The molecule has 0 radical (unpaired) electrons. The van der Waals surface area contributed by atoms with Crippen LogP contribution in [0.1, 0.15) is 46.0 Å². The van der Waals surface area contributed by atoms with Crippen molar-refractivity contribution in [2.75, 3.05) is 12.3 Å². The monoisotopic (exact) mass is 189 g/mol. The number of thioether (sulfide) groups is 1. The molecule has 0 amide bonds. The van der Waals surface area contributed by atoms with Crippen molar-refractivity contribution in [2.24, 2.45) is 5.73 Å². The van der Waals surface area contributed by atoms with Gasteiger partial charge in [-0.1, -0.05) is 33.1 Å². The second kappa shape index (κ2) is 9.40. The van der Waals surface area contributed by atoms with Crippen molar-refractivity contribution in [1.29, 1.82) is 0 Å². The van der Waals surface area contributed by atoms with Crippen molar-refractivity contribution in [2.45, 2.75) is 51.2 Å². The molecule has 0 rings (SSSR count). The summed E-state index contributed by atoms with van der Waals surface area (Å²) in [5, 5.41) is 0.761. The van der Waals surface area contributed by atoms with Crippen LogP contribution >= 0.6 is 11.8 Å². The van der Waals surface area contributed by atoms with Crippen LogP contribution in [-0.4, -0.2) is 17.5 Å². The Kier molecular flexibility index (Phi) is 9.64. The first-order valence-electron chi connectivity index (χ1n) is 5.13. The van der Waals surface area contributed by atoms with Gasteiger partial charge >= 0.3 is 0 Å². The third kappa shape index (κ3) is 8.41. The van der Waals surface area contributed by atoms with Gasteiger partial charge in [-0.15, -0.1) is 0 Å². The van der Waals surface area contributed by atoms with E-state index in [1.165, 1.54) is 37.9 Å². The largest absolute Gasteiger partial charge is 0.330 e. The van der Waals surface area contributed by atoms with Crippen LogP contribution in [0.2, 0.25) is 0 Å². The van der Waals surface area contributed by atoms with Crippen LogP contribution in [0.25, 0.3) is 0 Å². The molecule has 0 fully saturated rings. The van der Waals surface area contributed by atoms with Gasteiger partial charge in [0.05, 0.1) is 0 Å². The fourth-order valence-electron chi connectivity index (χ4n) is 1.13. The van der Waals surface area contributed by atoms with Crippen LogP contribution < -0.4 is 5.73 Å². The standard InChI is InChI=1S/C10H23NS/c1-3-4-5-6-9-12-10(2)7-8-11/h10H,3-9,11H2,1-2H3. The zero-order chi connectivity index (χ0) is 9.23. The van der Waals surface area contributed by atoms with Gasteiger partial charge in [-0.2, -0.15) is 11.8 Å². The van der Waals surface area contributed by atoms with Gasteiger partial charge in [-0.3, -0.25) is 0 Å². The molecule has 0 saturated heterocycles. The first-order valence-corrected chi connectivity index (χ1v) is 6.17. The number of hydrogen-bond acceptors (Lipinski definition) is 2. The number of hydrogen-bond donors (Lipinski definition) is 1. The van der Waals surface area contributed by atoms with Gasteiger partial charge < -0.3 is 5.73 Å². The first kappa shape index (κ1) is 12.3. The van der Waals surface area contributed by atoms with E-state index >= 15 is 0 Å². The predicted octanol–water partition coefficient (Wildman–Crippen LogP) is 3.04. The third-order valence-corrected chi connectivity index (χ3v) is 3.30. The van der Waals surface area contributed by atoms with E-state index in [1.807, 2.05) is 0 Å². The summed E-state index contributed by atoms with van der Waals surface area (Å²) in [6, 6.07) is 0. The molecular formula is C10H23NS. The summed E-state index contributed by atoms with van der Waals surface area (Å²) in [6.45, 7) is 5.37. The summed E-state index contributed by atoms with van der Waals surface area (Å²) in [5.41, 5.74) is 5.47. The van der Waals surface area contributed by atoms with Gasteiger partial charge in [0.15, 0.2) is 0 Å². The van der Waals surface area contributed by atoms with E-state index in [0.29, 0.717) is 0 Å². The van der Waals surface area contributed by atoms with Crippen molar-refractivity contribution < 1.29 is 0 Å². The first-order chi connectivity index (χ1) is 5.81. The van der Waals surface area contributed by atoms with Gasteiger partial charge in [0, 0.05) is 5.25 Å². The Labute approximate surface area is 81.5 Å². The Morgan fingerprint density at radius 2 is 2.00 bits per heavy atom. The number of rotatable bonds is 8. The zero-order valence-corrected chi connectivity index (χ0v) is 9.33. The molecule has 2 heteroatoms. The second-order valence-corrected chi connectivity index (χ2v) is 4.87. The van der Waals surface area contributed by atoms with E-state index in [2.05, 4.69) is 25.6 Å². The lowest BCUT2D eigenvalue weighted by Crippen LogP contribution is -2.07. The Hall–Kier alpha value is 0.310. The molecule has 0 aliphatic heterocycles. The Morgan fingerprint density at radius 3 is 2.58 bits per heavy atom. The molecule has 12 heavy (non-hydrogen) atoms. The minimum atomic E-state index is 0.761. The molecule has 0 saturated carbocycles. The maximum absolute atomic E-state index is 5.47. The van der Waals surface area contributed by atoms with Gasteiger partial charge in [-0.05, 0) is 25.1 Å². The predicted molar refractivity (Wildman–Crippen MR) is 59.7 cm³/mol. The topological polar surface area (TPSA) is 26.0 Å². The lowest BCUT2D eigenvalue weighted by Gasteiger charge is -2.08.